The largest absolute Gasteiger partial charge is 0.481 e. The van der Waals surface area contributed by atoms with Crippen LogP contribution in [0.3, 0.4) is 0 Å². The van der Waals surface area contributed by atoms with Gasteiger partial charge < -0.3 is 14.6 Å². The number of aryl methyl sites for hydroxylation is 2. The number of fused-ring (bicyclic) bond motifs is 4. The molecule has 10 heteroatoms. The fraction of sp³-hybridized carbons (Fsp3) is 0.423. The molecule has 3 fully saturated rings. The highest BCUT2D eigenvalue weighted by Crippen LogP contribution is 2.50. The minimum atomic E-state index is -0.826. The van der Waals surface area contributed by atoms with Crippen molar-refractivity contribution in [2.75, 3.05) is 0 Å². The number of aromatic nitrogens is 5. The highest BCUT2D eigenvalue weighted by molar-refractivity contribution is 5.91. The summed E-state index contributed by atoms with van der Waals surface area (Å²) in [5.74, 6) is -1.76. The first-order chi connectivity index (χ1) is 17.3. The number of nitrogens with zero attached hydrogens (tertiary/aromatic N) is 4. The lowest BCUT2D eigenvalue weighted by molar-refractivity contribution is -0.152. The zero-order valence-corrected chi connectivity index (χ0v) is 19.9. The van der Waals surface area contributed by atoms with Crippen LogP contribution in [0.1, 0.15) is 42.8 Å². The van der Waals surface area contributed by atoms with Crippen molar-refractivity contribution in [2.24, 2.45) is 23.7 Å². The molecule has 2 bridgehead atoms. The van der Waals surface area contributed by atoms with Gasteiger partial charge in [0.05, 0.1) is 29.1 Å². The van der Waals surface area contributed by atoms with Gasteiger partial charge in [-0.25, -0.2) is 23.7 Å². The first-order valence-corrected chi connectivity index (χ1v) is 12.2. The Hall–Kier alpha value is -3.69. The Bertz CT molecular complexity index is 1470. The molecule has 2 atom stereocenters. The van der Waals surface area contributed by atoms with Crippen LogP contribution in [0.5, 0.6) is 0 Å². The zero-order chi connectivity index (χ0) is 25.1. The molecular weight excluding hydrogens is 468 g/mol. The summed E-state index contributed by atoms with van der Waals surface area (Å²) in [6, 6.07) is 1.33. The highest BCUT2D eigenvalue weighted by atomic mass is 19.1. The van der Waals surface area contributed by atoms with Gasteiger partial charge in [-0.05, 0) is 69.8 Å². The van der Waals surface area contributed by atoms with Crippen molar-refractivity contribution in [3.8, 4) is 22.6 Å². The number of halogens is 2. The maximum Gasteiger partial charge on any atom is 0.307 e. The number of carbonyl (C=O) groups is 1. The summed E-state index contributed by atoms with van der Waals surface area (Å²) in [6.45, 7) is 3.39. The zero-order valence-electron chi connectivity index (χ0n) is 19.9. The van der Waals surface area contributed by atoms with Crippen molar-refractivity contribution < 1.29 is 23.2 Å². The third-order valence-electron chi connectivity index (χ3n) is 8.03. The molecule has 0 aromatic carbocycles. The summed E-state index contributed by atoms with van der Waals surface area (Å²) in [7, 11) is 0. The molecule has 0 radical (unpaired) electrons. The van der Waals surface area contributed by atoms with E-state index in [1.54, 1.807) is 20.0 Å². The van der Waals surface area contributed by atoms with Crippen molar-refractivity contribution >= 4 is 17.0 Å². The lowest BCUT2D eigenvalue weighted by Crippen LogP contribution is -2.45. The molecule has 186 valence electrons. The van der Waals surface area contributed by atoms with E-state index in [0.717, 1.165) is 31.9 Å². The number of aromatic amines is 1. The third-order valence-corrected chi connectivity index (χ3v) is 8.03. The molecule has 0 saturated heterocycles. The molecule has 2 N–H and O–H groups in total. The number of aliphatic carboxylic acids is 1. The Labute approximate surface area is 205 Å². The van der Waals surface area contributed by atoms with Crippen LogP contribution in [0.15, 0.2) is 23.0 Å². The van der Waals surface area contributed by atoms with Crippen LogP contribution in [0.25, 0.3) is 33.7 Å². The Morgan fingerprint density at radius 3 is 2.61 bits per heavy atom. The molecule has 3 aliphatic rings. The number of H-pyrrole nitrogens is 1. The highest BCUT2D eigenvalue weighted by Gasteiger charge is 2.47. The van der Waals surface area contributed by atoms with Gasteiger partial charge in [0, 0.05) is 17.1 Å². The molecule has 0 amide bonds. The molecule has 8 nitrogen and oxygen atoms in total. The van der Waals surface area contributed by atoms with Crippen molar-refractivity contribution in [2.45, 2.75) is 46.0 Å². The number of pyridine rings is 1. The van der Waals surface area contributed by atoms with Crippen molar-refractivity contribution in [3.63, 3.8) is 0 Å². The summed E-state index contributed by atoms with van der Waals surface area (Å²) >= 11 is 0. The van der Waals surface area contributed by atoms with Gasteiger partial charge >= 0.3 is 5.97 Å². The Morgan fingerprint density at radius 2 is 1.92 bits per heavy atom. The second-order valence-corrected chi connectivity index (χ2v) is 10.0. The number of hydrogen-bond acceptors (Lipinski definition) is 6. The second kappa shape index (κ2) is 8.46. The van der Waals surface area contributed by atoms with Gasteiger partial charge in [-0.15, -0.1) is 0 Å². The number of carboxylic acids is 1. The minimum absolute atomic E-state index is 0.0396. The van der Waals surface area contributed by atoms with E-state index in [0.29, 0.717) is 33.6 Å². The molecule has 3 saturated carbocycles. The third kappa shape index (κ3) is 3.58. The lowest BCUT2D eigenvalue weighted by Gasteiger charge is -2.46. The summed E-state index contributed by atoms with van der Waals surface area (Å²) in [5, 5.41) is 14.4. The van der Waals surface area contributed by atoms with E-state index in [1.165, 1.54) is 6.07 Å². The van der Waals surface area contributed by atoms with Crippen LogP contribution in [-0.2, 0) is 11.2 Å². The first kappa shape index (κ1) is 22.8. The SMILES string of the molecule is Cc1noc(C)c1-c1nc(-c2c[nH]c3ncc(F)cc23)nc(C[C@H]2C3CCC(CC3)[C@@H]2C(=O)O)c1F. The van der Waals surface area contributed by atoms with Crippen molar-refractivity contribution in [1.29, 1.82) is 0 Å². The van der Waals surface area contributed by atoms with Gasteiger partial charge in [0.15, 0.2) is 11.6 Å². The number of hydrogen-bond donors (Lipinski definition) is 2. The smallest absolute Gasteiger partial charge is 0.307 e. The molecule has 4 aromatic rings. The van der Waals surface area contributed by atoms with Crippen LogP contribution in [0.2, 0.25) is 0 Å². The predicted molar refractivity (Wildman–Crippen MR) is 126 cm³/mol. The minimum Gasteiger partial charge on any atom is -0.481 e. The molecule has 0 spiro atoms. The summed E-state index contributed by atoms with van der Waals surface area (Å²) in [6.07, 6.45) is 6.60. The molecule has 3 aliphatic carbocycles. The predicted octanol–water partition coefficient (Wildman–Crippen LogP) is 5.25. The van der Waals surface area contributed by atoms with Gasteiger partial charge in [-0.3, -0.25) is 4.79 Å². The average Bonchev–Trinajstić information content (AvgIpc) is 3.43. The van der Waals surface area contributed by atoms with Crippen LogP contribution < -0.4 is 0 Å². The maximum absolute atomic E-state index is 16.1. The Balaban J connectivity index is 1.52. The fourth-order valence-corrected chi connectivity index (χ4v) is 6.38. The molecule has 0 unspecified atom stereocenters. The van der Waals surface area contributed by atoms with E-state index >= 15 is 4.39 Å². The average molecular weight is 494 g/mol. The first-order valence-electron chi connectivity index (χ1n) is 12.2. The Kier molecular flexibility index (Phi) is 5.35. The van der Waals surface area contributed by atoms with E-state index < -0.39 is 23.5 Å². The number of carboxylic acid groups (broad SMARTS) is 1. The van der Waals surface area contributed by atoms with Gasteiger partial charge in [0.25, 0.3) is 0 Å². The quantitative estimate of drug-likeness (QED) is 0.390. The van der Waals surface area contributed by atoms with E-state index in [1.807, 2.05) is 0 Å². The topological polar surface area (TPSA) is 118 Å². The van der Waals surface area contributed by atoms with E-state index in [2.05, 4.69) is 25.1 Å². The van der Waals surface area contributed by atoms with Gasteiger partial charge in [-0.2, -0.15) is 0 Å². The van der Waals surface area contributed by atoms with Gasteiger partial charge in [0.1, 0.15) is 22.9 Å². The monoisotopic (exact) mass is 493 g/mol. The normalized spacial score (nSPS) is 23.4. The van der Waals surface area contributed by atoms with E-state index in [4.69, 9.17) is 4.52 Å². The molecular formula is C26H25F2N5O3. The molecule has 4 heterocycles. The standard InChI is InChI=1S/C26H25F2N5O3/c1-11-20(12(2)36-33-11)23-22(28)19(8-16-13-3-5-14(6-4-13)21(16)26(34)35)31-25(32-23)18-10-30-24-17(18)7-15(27)9-29-24/h7,9-10,13-14,16,21H,3-6,8H2,1-2H3,(H,29,30)(H,34,35)/t13?,14?,16-,21-/m0/s1. The van der Waals surface area contributed by atoms with Gasteiger partial charge in [0.2, 0.25) is 0 Å². The second-order valence-electron chi connectivity index (χ2n) is 10.0. The Morgan fingerprint density at radius 1 is 1.17 bits per heavy atom. The molecule has 0 aliphatic heterocycles. The summed E-state index contributed by atoms with van der Waals surface area (Å²) in [4.78, 5) is 28.4. The van der Waals surface area contributed by atoms with Crippen LogP contribution >= 0.6 is 0 Å². The van der Waals surface area contributed by atoms with Crippen LogP contribution in [-0.4, -0.2) is 36.2 Å². The number of nitrogens with one attached hydrogen (secondary N) is 1. The maximum atomic E-state index is 16.1. The fourth-order valence-electron chi connectivity index (χ4n) is 6.38. The molecule has 36 heavy (non-hydrogen) atoms. The van der Waals surface area contributed by atoms with Gasteiger partial charge in [-0.1, -0.05) is 5.16 Å². The van der Waals surface area contributed by atoms with Crippen molar-refractivity contribution in [1.82, 2.24) is 25.1 Å². The lowest BCUT2D eigenvalue weighted by atomic mass is 9.57. The summed E-state index contributed by atoms with van der Waals surface area (Å²) < 4.78 is 35.4. The van der Waals surface area contributed by atoms with E-state index in [9.17, 15) is 14.3 Å². The van der Waals surface area contributed by atoms with Crippen molar-refractivity contribution in [3.05, 3.63) is 47.2 Å². The van der Waals surface area contributed by atoms with Crippen LogP contribution in [0, 0.1) is 49.2 Å². The molecule has 7 rings (SSSR count). The van der Waals surface area contributed by atoms with E-state index in [-0.39, 0.29) is 41.4 Å². The number of rotatable bonds is 5. The summed E-state index contributed by atoms with van der Waals surface area (Å²) in [5.41, 5.74) is 2.03. The molecule has 4 aromatic heterocycles. The van der Waals surface area contributed by atoms with Crippen LogP contribution in [0.4, 0.5) is 8.78 Å².